The summed E-state index contributed by atoms with van der Waals surface area (Å²) in [7, 11) is 2.11. The van der Waals surface area contributed by atoms with Crippen LogP contribution < -0.4 is 4.57 Å². The van der Waals surface area contributed by atoms with E-state index in [0.717, 1.165) is 65.9 Å². The van der Waals surface area contributed by atoms with Crippen LogP contribution in [0.5, 0.6) is 0 Å². The maximum Gasteiger partial charge on any atom is 0.224 e. The zero-order valence-electron chi connectivity index (χ0n) is 18.8. The van der Waals surface area contributed by atoms with Gasteiger partial charge in [-0.3, -0.25) is 0 Å². The number of aryl methyl sites for hydroxylation is 2. The van der Waals surface area contributed by atoms with E-state index in [1.165, 1.54) is 11.1 Å². The smallest absolute Gasteiger partial charge is 0.224 e. The number of nitrogens with zero attached hydrogens (tertiary/aromatic N) is 1. The van der Waals surface area contributed by atoms with Crippen LogP contribution >= 0.6 is 0 Å². The van der Waals surface area contributed by atoms with Gasteiger partial charge in [-0.05, 0) is 55.3 Å². The van der Waals surface area contributed by atoms with Crippen LogP contribution in [0.4, 0.5) is 0 Å². The molecular weight excluding hydrogens is 406 g/mol. The van der Waals surface area contributed by atoms with Crippen LogP contribution in [-0.2, 0) is 7.05 Å². The van der Waals surface area contributed by atoms with Crippen LogP contribution in [0.3, 0.4) is 0 Å². The van der Waals surface area contributed by atoms with E-state index in [-0.39, 0.29) is 0 Å². The Hall–Kier alpha value is -4.11. The molecule has 0 aliphatic carbocycles. The van der Waals surface area contributed by atoms with E-state index in [4.69, 9.17) is 8.83 Å². The van der Waals surface area contributed by atoms with E-state index in [1.807, 2.05) is 24.3 Å². The van der Waals surface area contributed by atoms with E-state index in [0.29, 0.717) is 0 Å². The third-order valence-electron chi connectivity index (χ3n) is 7.08. The fourth-order valence-corrected chi connectivity index (χ4v) is 5.32. The lowest BCUT2D eigenvalue weighted by Crippen LogP contribution is -2.30. The summed E-state index contributed by atoms with van der Waals surface area (Å²) in [6.07, 6.45) is 2.13. The molecule has 7 aromatic rings. The Labute approximate surface area is 190 Å². The molecule has 4 aromatic carbocycles. The Balaban J connectivity index is 1.67. The number of hydrogen-bond acceptors (Lipinski definition) is 2. The molecular formula is C30H22NO2+. The molecule has 0 aliphatic rings. The molecule has 0 unspecified atom stereocenters. The molecule has 0 bridgehead atoms. The van der Waals surface area contributed by atoms with Crippen molar-refractivity contribution in [2.75, 3.05) is 0 Å². The number of pyridine rings is 1. The maximum atomic E-state index is 6.48. The second-order valence-electron chi connectivity index (χ2n) is 8.95. The van der Waals surface area contributed by atoms with Crippen molar-refractivity contribution in [2.45, 2.75) is 13.8 Å². The van der Waals surface area contributed by atoms with Crippen LogP contribution in [0.2, 0.25) is 0 Å². The van der Waals surface area contributed by atoms with Gasteiger partial charge in [-0.25, -0.2) is 4.57 Å². The van der Waals surface area contributed by atoms with Gasteiger partial charge in [0.1, 0.15) is 29.4 Å². The number of benzene rings is 4. The van der Waals surface area contributed by atoms with Gasteiger partial charge in [0, 0.05) is 33.0 Å². The minimum Gasteiger partial charge on any atom is -0.455 e. The maximum absolute atomic E-state index is 6.48. The van der Waals surface area contributed by atoms with Crippen molar-refractivity contribution < 1.29 is 13.4 Å². The summed E-state index contributed by atoms with van der Waals surface area (Å²) in [6, 6.07) is 25.4. The number of aromatic nitrogens is 1. The zero-order chi connectivity index (χ0) is 22.3. The lowest BCUT2D eigenvalue weighted by atomic mass is 9.93. The minimum absolute atomic E-state index is 0.918. The van der Waals surface area contributed by atoms with Crippen LogP contribution in [0.25, 0.3) is 65.9 Å². The lowest BCUT2D eigenvalue weighted by Gasteiger charge is -2.11. The van der Waals surface area contributed by atoms with Gasteiger partial charge in [-0.1, -0.05) is 36.4 Å². The summed E-state index contributed by atoms with van der Waals surface area (Å²) in [6.45, 7) is 4.37. The summed E-state index contributed by atoms with van der Waals surface area (Å²) >= 11 is 0. The van der Waals surface area contributed by atoms with Gasteiger partial charge in [0.05, 0.1) is 10.9 Å². The first-order valence-electron chi connectivity index (χ1n) is 11.3. The first-order chi connectivity index (χ1) is 16.1. The van der Waals surface area contributed by atoms with Gasteiger partial charge in [0.25, 0.3) is 0 Å². The molecule has 0 atom stereocenters. The Bertz CT molecular complexity index is 1900. The summed E-state index contributed by atoms with van der Waals surface area (Å²) in [5, 5.41) is 6.87. The minimum atomic E-state index is 0.918. The first kappa shape index (κ1) is 18.5. The highest BCUT2D eigenvalue weighted by Gasteiger charge is 2.25. The summed E-state index contributed by atoms with van der Waals surface area (Å²) in [5.41, 5.74) is 8.47. The number of hydrogen-bond donors (Lipinski definition) is 0. The quantitative estimate of drug-likeness (QED) is 0.250. The normalized spacial score (nSPS) is 12.1. The largest absolute Gasteiger partial charge is 0.455 e. The molecule has 3 heterocycles. The van der Waals surface area contributed by atoms with Crippen LogP contribution in [0.1, 0.15) is 11.1 Å². The van der Waals surface area contributed by atoms with E-state index in [9.17, 15) is 0 Å². The Kier molecular flexibility index (Phi) is 3.61. The van der Waals surface area contributed by atoms with Crippen LogP contribution in [0.15, 0.2) is 87.8 Å². The third kappa shape index (κ3) is 2.42. The van der Waals surface area contributed by atoms with Gasteiger partial charge in [0.15, 0.2) is 6.20 Å². The average Bonchev–Trinajstić information content (AvgIpc) is 3.39. The van der Waals surface area contributed by atoms with E-state index in [2.05, 4.69) is 80.2 Å². The van der Waals surface area contributed by atoms with Gasteiger partial charge in [-0.2, -0.15) is 0 Å². The molecule has 0 amide bonds. The average molecular weight is 429 g/mol. The number of para-hydroxylation sites is 2. The van der Waals surface area contributed by atoms with Crippen molar-refractivity contribution >= 4 is 54.6 Å². The first-order valence-corrected chi connectivity index (χ1v) is 11.3. The predicted octanol–water partition coefficient (Wildman–Crippen LogP) is 7.75. The number of furan rings is 2. The number of fused-ring (bicyclic) bond motifs is 8. The molecule has 0 fully saturated rings. The fourth-order valence-electron chi connectivity index (χ4n) is 5.32. The third-order valence-corrected chi connectivity index (χ3v) is 7.08. The molecule has 0 radical (unpaired) electrons. The van der Waals surface area contributed by atoms with Gasteiger partial charge in [0.2, 0.25) is 5.69 Å². The van der Waals surface area contributed by atoms with Crippen molar-refractivity contribution in [3.63, 3.8) is 0 Å². The van der Waals surface area contributed by atoms with E-state index in [1.54, 1.807) is 0 Å². The van der Waals surface area contributed by atoms with Crippen molar-refractivity contribution in [1.29, 1.82) is 0 Å². The van der Waals surface area contributed by atoms with E-state index < -0.39 is 0 Å². The highest BCUT2D eigenvalue weighted by molar-refractivity contribution is 6.18. The highest BCUT2D eigenvalue weighted by Crippen LogP contribution is 2.42. The summed E-state index contributed by atoms with van der Waals surface area (Å²) in [4.78, 5) is 0. The van der Waals surface area contributed by atoms with E-state index >= 15 is 0 Å². The Morgan fingerprint density at radius 3 is 1.97 bits per heavy atom. The fraction of sp³-hybridized carbons (Fsp3) is 0.100. The molecule has 0 N–H and O–H groups in total. The highest BCUT2D eigenvalue weighted by atomic mass is 16.3. The standard InChI is InChI=1S/C30H22NO2/c1-17-16-24-20-9-5-7-11-26(20)33-30(24)27(18(17)2)28-21-12-13-22-19-8-4-6-10-25(19)32-29(22)23(21)14-15-31(28)3/h4-16H,1-3H3/q+1. The van der Waals surface area contributed by atoms with Crippen molar-refractivity contribution in [3.8, 4) is 11.3 Å². The Morgan fingerprint density at radius 2 is 1.21 bits per heavy atom. The summed E-state index contributed by atoms with van der Waals surface area (Å²) in [5.74, 6) is 0. The van der Waals surface area contributed by atoms with Gasteiger partial charge < -0.3 is 8.83 Å². The molecule has 0 saturated carbocycles. The molecule has 3 nitrogen and oxygen atoms in total. The van der Waals surface area contributed by atoms with Gasteiger partial charge in [-0.15, -0.1) is 0 Å². The second kappa shape index (κ2) is 6.46. The van der Waals surface area contributed by atoms with Crippen molar-refractivity contribution in [3.05, 3.63) is 90.1 Å². The SMILES string of the molecule is Cc1cc2c(oc3ccccc32)c(-c2c3ccc4c5ccccc5oc4c3cc[n+]2C)c1C. The van der Waals surface area contributed by atoms with Gasteiger partial charge >= 0.3 is 0 Å². The molecule has 158 valence electrons. The molecule has 0 saturated heterocycles. The molecule has 0 aliphatic heterocycles. The lowest BCUT2D eigenvalue weighted by molar-refractivity contribution is -0.659. The Morgan fingerprint density at radius 1 is 0.606 bits per heavy atom. The molecule has 33 heavy (non-hydrogen) atoms. The van der Waals surface area contributed by atoms with Crippen LogP contribution in [-0.4, -0.2) is 0 Å². The molecule has 0 spiro atoms. The topological polar surface area (TPSA) is 30.2 Å². The molecule has 7 rings (SSSR count). The monoisotopic (exact) mass is 428 g/mol. The zero-order valence-corrected chi connectivity index (χ0v) is 18.8. The number of rotatable bonds is 1. The van der Waals surface area contributed by atoms with Crippen LogP contribution in [0, 0.1) is 13.8 Å². The second-order valence-corrected chi connectivity index (χ2v) is 8.95. The van der Waals surface area contributed by atoms with Crippen molar-refractivity contribution in [1.82, 2.24) is 0 Å². The predicted molar refractivity (Wildman–Crippen MR) is 135 cm³/mol. The molecule has 3 heteroatoms. The van der Waals surface area contributed by atoms with Crippen molar-refractivity contribution in [2.24, 2.45) is 7.05 Å². The summed E-state index contributed by atoms with van der Waals surface area (Å²) < 4.78 is 15.0. The molecule has 3 aromatic heterocycles.